The number of hydrogen-bond acceptors (Lipinski definition) is 5. The van der Waals surface area contributed by atoms with Crippen molar-refractivity contribution in [3.05, 3.63) is 95.0 Å². The first-order valence-electron chi connectivity index (χ1n) is 9.17. The van der Waals surface area contributed by atoms with E-state index in [0.717, 1.165) is 0 Å². The molecule has 4 rings (SSSR count). The van der Waals surface area contributed by atoms with Crippen molar-refractivity contribution in [2.45, 2.75) is 0 Å². The molecule has 3 aromatic rings. The summed E-state index contributed by atoms with van der Waals surface area (Å²) in [5.41, 5.74) is 1.41. The second-order valence-corrected chi connectivity index (χ2v) is 6.59. The van der Waals surface area contributed by atoms with Gasteiger partial charge in [0.05, 0.1) is 12.7 Å². The molecule has 0 atom stereocenters. The van der Waals surface area contributed by atoms with Crippen LogP contribution in [0, 0.1) is 5.82 Å². The summed E-state index contributed by atoms with van der Waals surface area (Å²) in [5.74, 6) is 0.603. The Bertz CT molecular complexity index is 1150. The summed E-state index contributed by atoms with van der Waals surface area (Å²) in [5, 5.41) is 0. The lowest BCUT2D eigenvalue weighted by atomic mass is 10.1. The van der Waals surface area contributed by atoms with E-state index in [9.17, 15) is 14.0 Å². The van der Waals surface area contributed by atoms with Crippen LogP contribution in [0.2, 0.25) is 0 Å². The summed E-state index contributed by atoms with van der Waals surface area (Å²) in [6, 6.07) is 17.3. The van der Waals surface area contributed by atoms with E-state index in [4.69, 9.17) is 14.2 Å². The van der Waals surface area contributed by atoms with Crippen molar-refractivity contribution in [1.29, 1.82) is 0 Å². The lowest BCUT2D eigenvalue weighted by Crippen LogP contribution is -2.11. The van der Waals surface area contributed by atoms with E-state index in [1.165, 1.54) is 18.2 Å². The number of methoxy groups -OCH3 is 1. The van der Waals surface area contributed by atoms with Gasteiger partial charge in [-0.15, -0.1) is 0 Å². The third-order valence-electron chi connectivity index (χ3n) is 4.57. The quantitative estimate of drug-likeness (QED) is 0.440. The van der Waals surface area contributed by atoms with Gasteiger partial charge in [0.1, 0.15) is 23.1 Å². The van der Waals surface area contributed by atoms with E-state index < -0.39 is 5.82 Å². The lowest BCUT2D eigenvalue weighted by Gasteiger charge is -2.07. The molecule has 30 heavy (non-hydrogen) atoms. The number of hydrogen-bond donors (Lipinski definition) is 0. The first-order valence-corrected chi connectivity index (χ1v) is 9.17. The fourth-order valence-corrected chi connectivity index (χ4v) is 3.01. The minimum atomic E-state index is -0.399. The molecule has 150 valence electrons. The fourth-order valence-electron chi connectivity index (χ4n) is 3.01. The summed E-state index contributed by atoms with van der Waals surface area (Å²) in [4.78, 5) is 24.8. The van der Waals surface area contributed by atoms with Crippen LogP contribution in [0.1, 0.15) is 26.3 Å². The van der Waals surface area contributed by atoms with Gasteiger partial charge in [0.25, 0.3) is 0 Å². The summed E-state index contributed by atoms with van der Waals surface area (Å²) in [6.45, 7) is -0.162. The van der Waals surface area contributed by atoms with Crippen LogP contribution in [-0.4, -0.2) is 25.3 Å². The zero-order valence-corrected chi connectivity index (χ0v) is 16.1. The number of ketones is 2. The molecule has 0 saturated heterocycles. The Morgan fingerprint density at radius 2 is 1.80 bits per heavy atom. The molecule has 1 aliphatic heterocycles. The van der Waals surface area contributed by atoms with E-state index in [-0.39, 0.29) is 23.9 Å². The van der Waals surface area contributed by atoms with Crippen LogP contribution in [0.15, 0.2) is 72.5 Å². The second kappa shape index (κ2) is 8.21. The number of fused-ring (bicyclic) bond motifs is 1. The molecule has 1 heterocycles. The summed E-state index contributed by atoms with van der Waals surface area (Å²) < 4.78 is 29.6. The number of carbonyl (C=O) groups is 2. The molecule has 0 aromatic heterocycles. The van der Waals surface area contributed by atoms with Crippen LogP contribution in [0.5, 0.6) is 17.2 Å². The minimum absolute atomic E-state index is 0.0991. The van der Waals surface area contributed by atoms with Crippen LogP contribution in [0.25, 0.3) is 6.08 Å². The number of rotatable bonds is 6. The molecule has 0 bridgehead atoms. The Kier molecular flexibility index (Phi) is 5.30. The third-order valence-corrected chi connectivity index (χ3v) is 4.57. The Balaban J connectivity index is 1.45. The zero-order valence-electron chi connectivity index (χ0n) is 16.1. The molecule has 6 heteroatoms. The average Bonchev–Trinajstić information content (AvgIpc) is 3.06. The lowest BCUT2D eigenvalue weighted by molar-refractivity contribution is 0.0920. The van der Waals surface area contributed by atoms with Crippen LogP contribution in [-0.2, 0) is 0 Å². The third kappa shape index (κ3) is 4.07. The summed E-state index contributed by atoms with van der Waals surface area (Å²) >= 11 is 0. The Labute approximate surface area is 172 Å². The van der Waals surface area contributed by atoms with Crippen LogP contribution in [0.3, 0.4) is 0 Å². The Morgan fingerprint density at radius 3 is 2.53 bits per heavy atom. The van der Waals surface area contributed by atoms with Gasteiger partial charge in [-0.2, -0.15) is 0 Å². The topological polar surface area (TPSA) is 61.8 Å². The van der Waals surface area contributed by atoms with E-state index in [1.54, 1.807) is 61.7 Å². The Hall–Kier alpha value is -3.93. The highest BCUT2D eigenvalue weighted by atomic mass is 19.1. The number of allylic oxidation sites excluding steroid dienone is 1. The molecule has 5 nitrogen and oxygen atoms in total. The maximum atomic E-state index is 13.4. The predicted molar refractivity (Wildman–Crippen MR) is 109 cm³/mol. The summed E-state index contributed by atoms with van der Waals surface area (Å²) in [6.07, 6.45) is 1.49. The first kappa shape index (κ1) is 19.4. The molecular weight excluding hydrogens is 387 g/mol. The molecule has 0 spiro atoms. The van der Waals surface area contributed by atoms with Crippen LogP contribution in [0.4, 0.5) is 4.39 Å². The van der Waals surface area contributed by atoms with Crippen LogP contribution >= 0.6 is 0 Å². The van der Waals surface area contributed by atoms with Crippen LogP contribution < -0.4 is 14.2 Å². The average molecular weight is 404 g/mol. The molecule has 0 fully saturated rings. The van der Waals surface area contributed by atoms with Gasteiger partial charge in [0.2, 0.25) is 5.78 Å². The fraction of sp³-hybridized carbons (Fsp3) is 0.0833. The number of halogens is 1. The zero-order chi connectivity index (χ0) is 21.1. The van der Waals surface area contributed by atoms with Crippen molar-refractivity contribution in [2.75, 3.05) is 13.7 Å². The molecule has 3 aromatic carbocycles. The number of ether oxygens (including phenoxy) is 3. The maximum Gasteiger partial charge on any atom is 0.231 e. The van der Waals surface area contributed by atoms with Crippen molar-refractivity contribution in [2.24, 2.45) is 0 Å². The van der Waals surface area contributed by atoms with Crippen molar-refractivity contribution in [3.8, 4) is 17.2 Å². The van der Waals surface area contributed by atoms with E-state index >= 15 is 0 Å². The van der Waals surface area contributed by atoms with E-state index in [1.807, 2.05) is 0 Å². The molecule has 0 unspecified atom stereocenters. The van der Waals surface area contributed by atoms with E-state index in [2.05, 4.69) is 0 Å². The second-order valence-electron chi connectivity index (χ2n) is 6.59. The van der Waals surface area contributed by atoms with Gasteiger partial charge >= 0.3 is 0 Å². The molecule has 0 amide bonds. The normalized spacial score (nSPS) is 13.7. The monoisotopic (exact) mass is 404 g/mol. The van der Waals surface area contributed by atoms with Crippen molar-refractivity contribution < 1.29 is 28.2 Å². The Morgan fingerprint density at radius 1 is 1.03 bits per heavy atom. The molecule has 0 saturated carbocycles. The van der Waals surface area contributed by atoms with Crippen molar-refractivity contribution >= 4 is 17.6 Å². The molecule has 0 N–H and O–H groups in total. The number of benzene rings is 3. The van der Waals surface area contributed by atoms with Gasteiger partial charge in [0, 0.05) is 11.6 Å². The highest BCUT2D eigenvalue weighted by Gasteiger charge is 2.27. The first-order chi connectivity index (χ1) is 14.5. The number of carbonyl (C=O) groups excluding carboxylic acids is 2. The minimum Gasteiger partial charge on any atom is -0.497 e. The predicted octanol–water partition coefficient (Wildman–Crippen LogP) is 4.71. The highest BCUT2D eigenvalue weighted by Crippen LogP contribution is 2.35. The smallest absolute Gasteiger partial charge is 0.231 e. The number of Topliss-reactive ketones (excluding diaryl/α,β-unsaturated/α-hetero) is 2. The van der Waals surface area contributed by atoms with E-state index in [0.29, 0.717) is 33.9 Å². The maximum absolute atomic E-state index is 13.4. The van der Waals surface area contributed by atoms with Gasteiger partial charge in [-0.05, 0) is 60.2 Å². The van der Waals surface area contributed by atoms with Gasteiger partial charge in [-0.1, -0.05) is 12.1 Å². The molecule has 0 radical (unpaired) electrons. The molecule has 0 aliphatic carbocycles. The largest absolute Gasteiger partial charge is 0.497 e. The molecule has 1 aliphatic rings. The summed E-state index contributed by atoms with van der Waals surface area (Å²) in [7, 11) is 1.55. The van der Waals surface area contributed by atoms with Crippen molar-refractivity contribution in [3.63, 3.8) is 0 Å². The van der Waals surface area contributed by atoms with Crippen molar-refractivity contribution in [1.82, 2.24) is 0 Å². The highest BCUT2D eigenvalue weighted by molar-refractivity contribution is 6.14. The molecular formula is C24H17FO5. The van der Waals surface area contributed by atoms with Gasteiger partial charge in [-0.25, -0.2) is 4.39 Å². The SMILES string of the molecule is COc1ccc(C(=O)COc2ccc3c(c2)O/C(=C\c2cccc(F)c2)C3=O)cc1. The van der Waals surface area contributed by atoms with Gasteiger partial charge in [-0.3, -0.25) is 9.59 Å². The van der Waals surface area contributed by atoms with Gasteiger partial charge in [0.15, 0.2) is 18.1 Å². The standard InChI is InChI=1S/C24H17FO5/c1-28-18-7-5-16(6-8-18)21(26)14-29-19-9-10-20-22(13-19)30-23(24(20)27)12-15-3-2-4-17(25)11-15/h2-13H,14H2,1H3/b23-12-. The van der Waals surface area contributed by atoms with Gasteiger partial charge < -0.3 is 14.2 Å².